The third kappa shape index (κ3) is 2.63. The molecule has 0 atom stereocenters. The van der Waals surface area contributed by atoms with Gasteiger partial charge in [0.05, 0.1) is 17.4 Å². The van der Waals surface area contributed by atoms with Crippen molar-refractivity contribution in [1.29, 1.82) is 0 Å². The van der Waals surface area contributed by atoms with Crippen LogP contribution in [0.2, 0.25) is 0 Å². The SMILES string of the molecule is CCCCn1c(=O)c2ncn(CCC)c2c2ccccc21.Cl. The summed E-state index contributed by atoms with van der Waals surface area (Å²) in [7, 11) is 0. The highest BCUT2D eigenvalue weighted by atomic mass is 35.5. The number of aromatic nitrogens is 3. The average Bonchev–Trinajstić information content (AvgIpc) is 2.92. The third-order valence-electron chi connectivity index (χ3n) is 3.94. The van der Waals surface area contributed by atoms with Gasteiger partial charge in [-0.2, -0.15) is 0 Å². The van der Waals surface area contributed by atoms with Crippen molar-refractivity contribution in [1.82, 2.24) is 14.1 Å². The van der Waals surface area contributed by atoms with E-state index in [1.807, 2.05) is 22.8 Å². The quantitative estimate of drug-likeness (QED) is 0.713. The molecule has 22 heavy (non-hydrogen) atoms. The summed E-state index contributed by atoms with van der Waals surface area (Å²) < 4.78 is 3.98. The number of hydrogen-bond donors (Lipinski definition) is 0. The first kappa shape index (κ1) is 16.6. The molecule has 0 radical (unpaired) electrons. The van der Waals surface area contributed by atoms with Crippen LogP contribution >= 0.6 is 12.4 Å². The molecule has 0 aliphatic carbocycles. The molecule has 0 bridgehead atoms. The lowest BCUT2D eigenvalue weighted by Crippen LogP contribution is -2.21. The van der Waals surface area contributed by atoms with Gasteiger partial charge in [0.25, 0.3) is 5.56 Å². The van der Waals surface area contributed by atoms with Crippen LogP contribution in [0.5, 0.6) is 0 Å². The second-order valence-corrected chi connectivity index (χ2v) is 5.46. The highest BCUT2D eigenvalue weighted by Gasteiger charge is 2.14. The predicted octanol–water partition coefficient (Wildman–Crippen LogP) is 3.98. The smallest absolute Gasteiger partial charge is 0.279 e. The van der Waals surface area contributed by atoms with Gasteiger partial charge in [0.15, 0.2) is 5.52 Å². The largest absolute Gasteiger partial charge is 0.330 e. The summed E-state index contributed by atoms with van der Waals surface area (Å²) in [6.45, 7) is 5.92. The topological polar surface area (TPSA) is 39.8 Å². The molecule has 0 saturated heterocycles. The summed E-state index contributed by atoms with van der Waals surface area (Å²) in [6.07, 6.45) is 4.90. The summed E-state index contributed by atoms with van der Waals surface area (Å²) >= 11 is 0. The number of pyridine rings is 1. The summed E-state index contributed by atoms with van der Waals surface area (Å²) in [4.78, 5) is 17.1. The minimum absolute atomic E-state index is 0. The lowest BCUT2D eigenvalue weighted by atomic mass is 10.1. The van der Waals surface area contributed by atoms with Gasteiger partial charge in [-0.15, -0.1) is 12.4 Å². The van der Waals surface area contributed by atoms with Crippen LogP contribution in [0.3, 0.4) is 0 Å². The van der Waals surface area contributed by atoms with Gasteiger partial charge in [-0.05, 0) is 18.9 Å². The van der Waals surface area contributed by atoms with Crippen molar-refractivity contribution in [2.24, 2.45) is 0 Å². The number of nitrogens with zero attached hydrogens (tertiary/aromatic N) is 3. The van der Waals surface area contributed by atoms with Crippen LogP contribution in [-0.4, -0.2) is 14.1 Å². The van der Waals surface area contributed by atoms with E-state index in [1.165, 1.54) is 0 Å². The molecule has 2 heterocycles. The molecule has 1 aromatic carbocycles. The first-order chi connectivity index (χ1) is 10.3. The van der Waals surface area contributed by atoms with Gasteiger partial charge < -0.3 is 9.13 Å². The Morgan fingerprint density at radius 2 is 1.86 bits per heavy atom. The molecule has 0 N–H and O–H groups in total. The maximum absolute atomic E-state index is 12.8. The zero-order chi connectivity index (χ0) is 14.8. The molecule has 3 aromatic rings. The van der Waals surface area contributed by atoms with E-state index in [4.69, 9.17) is 0 Å². The predicted molar refractivity (Wildman–Crippen MR) is 93.9 cm³/mol. The van der Waals surface area contributed by atoms with Gasteiger partial charge in [-0.25, -0.2) is 4.98 Å². The van der Waals surface area contributed by atoms with E-state index in [2.05, 4.69) is 29.5 Å². The minimum Gasteiger partial charge on any atom is -0.330 e. The molecular weight excluding hydrogens is 298 g/mol. The fraction of sp³-hybridized carbons (Fsp3) is 0.412. The van der Waals surface area contributed by atoms with Crippen molar-refractivity contribution >= 4 is 34.3 Å². The maximum atomic E-state index is 12.8. The standard InChI is InChI=1S/C17H21N3O.ClH/c1-3-5-11-20-14-9-7-6-8-13(14)16-15(17(20)21)18-12-19(16)10-4-2;/h6-9,12H,3-5,10-11H2,1-2H3;1H. The van der Waals surface area contributed by atoms with Gasteiger partial charge in [-0.3, -0.25) is 4.79 Å². The first-order valence-corrected chi connectivity index (χ1v) is 7.74. The van der Waals surface area contributed by atoms with Crippen molar-refractivity contribution in [3.05, 3.63) is 40.9 Å². The van der Waals surface area contributed by atoms with Gasteiger partial charge in [-0.1, -0.05) is 38.5 Å². The van der Waals surface area contributed by atoms with Gasteiger partial charge in [0.2, 0.25) is 0 Å². The molecule has 4 nitrogen and oxygen atoms in total. The Balaban J connectivity index is 0.00000176. The number of halogens is 1. The van der Waals surface area contributed by atoms with Crippen molar-refractivity contribution in [2.75, 3.05) is 0 Å². The highest BCUT2D eigenvalue weighted by Crippen LogP contribution is 2.22. The van der Waals surface area contributed by atoms with Crippen LogP contribution in [-0.2, 0) is 13.1 Å². The molecule has 0 saturated carbocycles. The average molecular weight is 320 g/mol. The highest BCUT2D eigenvalue weighted by molar-refractivity contribution is 6.02. The molecule has 2 aromatic heterocycles. The molecule has 0 amide bonds. The van der Waals surface area contributed by atoms with Crippen molar-refractivity contribution in [3.8, 4) is 0 Å². The summed E-state index contributed by atoms with van der Waals surface area (Å²) in [5.41, 5.74) is 2.62. The molecule has 0 aliphatic rings. The second-order valence-electron chi connectivity index (χ2n) is 5.46. The van der Waals surface area contributed by atoms with Gasteiger partial charge in [0, 0.05) is 18.5 Å². The Morgan fingerprint density at radius 3 is 2.59 bits per heavy atom. The molecular formula is C17H22ClN3O. The van der Waals surface area contributed by atoms with E-state index in [0.717, 1.165) is 48.8 Å². The monoisotopic (exact) mass is 319 g/mol. The minimum atomic E-state index is 0. The lowest BCUT2D eigenvalue weighted by Gasteiger charge is -2.12. The van der Waals surface area contributed by atoms with E-state index in [1.54, 1.807) is 6.33 Å². The Hall–Kier alpha value is -1.81. The Kier molecular flexibility index (Phi) is 5.24. The van der Waals surface area contributed by atoms with Crippen LogP contribution in [0.4, 0.5) is 0 Å². The number of imidazole rings is 1. The Labute approximate surface area is 136 Å². The Bertz CT molecular complexity index is 835. The Morgan fingerprint density at radius 1 is 1.09 bits per heavy atom. The zero-order valence-electron chi connectivity index (χ0n) is 13.1. The second kappa shape index (κ2) is 6.97. The summed E-state index contributed by atoms with van der Waals surface area (Å²) in [5.74, 6) is 0. The third-order valence-corrected chi connectivity index (χ3v) is 3.94. The number of para-hydroxylation sites is 1. The maximum Gasteiger partial charge on any atom is 0.279 e. The van der Waals surface area contributed by atoms with E-state index in [0.29, 0.717) is 5.52 Å². The van der Waals surface area contributed by atoms with Gasteiger partial charge in [0.1, 0.15) is 0 Å². The summed E-state index contributed by atoms with van der Waals surface area (Å²) in [5, 5.41) is 1.12. The van der Waals surface area contributed by atoms with Crippen LogP contribution in [0.1, 0.15) is 33.1 Å². The van der Waals surface area contributed by atoms with E-state index >= 15 is 0 Å². The number of benzene rings is 1. The van der Waals surface area contributed by atoms with Crippen molar-refractivity contribution < 1.29 is 0 Å². The molecule has 0 unspecified atom stereocenters. The van der Waals surface area contributed by atoms with Gasteiger partial charge >= 0.3 is 0 Å². The number of hydrogen-bond acceptors (Lipinski definition) is 2. The van der Waals surface area contributed by atoms with Crippen LogP contribution in [0.15, 0.2) is 35.4 Å². The molecule has 3 rings (SSSR count). The van der Waals surface area contributed by atoms with E-state index in [9.17, 15) is 4.79 Å². The summed E-state index contributed by atoms with van der Waals surface area (Å²) in [6, 6.07) is 8.15. The normalized spacial score (nSPS) is 11.0. The van der Waals surface area contributed by atoms with Crippen LogP contribution in [0, 0.1) is 0 Å². The van der Waals surface area contributed by atoms with E-state index < -0.39 is 0 Å². The van der Waals surface area contributed by atoms with Crippen molar-refractivity contribution in [2.45, 2.75) is 46.2 Å². The molecule has 118 valence electrons. The fourth-order valence-corrected chi connectivity index (χ4v) is 2.92. The fourth-order valence-electron chi connectivity index (χ4n) is 2.92. The van der Waals surface area contributed by atoms with Crippen LogP contribution < -0.4 is 5.56 Å². The molecule has 0 aliphatic heterocycles. The number of unbranched alkanes of at least 4 members (excludes halogenated alkanes) is 1. The lowest BCUT2D eigenvalue weighted by molar-refractivity contribution is 0.634. The van der Waals surface area contributed by atoms with Crippen molar-refractivity contribution in [3.63, 3.8) is 0 Å². The van der Waals surface area contributed by atoms with Crippen LogP contribution in [0.25, 0.3) is 21.9 Å². The van der Waals surface area contributed by atoms with E-state index in [-0.39, 0.29) is 18.0 Å². The number of fused-ring (bicyclic) bond motifs is 3. The molecule has 5 heteroatoms. The molecule has 0 fully saturated rings. The molecule has 0 spiro atoms. The number of rotatable bonds is 5. The zero-order valence-corrected chi connectivity index (χ0v) is 13.9. The number of aryl methyl sites for hydroxylation is 2. The first-order valence-electron chi connectivity index (χ1n) is 7.74.